The van der Waals surface area contributed by atoms with Crippen molar-refractivity contribution in [1.29, 1.82) is 0 Å². The molecular formula is C18H23BrO3. The predicted octanol–water partition coefficient (Wildman–Crippen LogP) is 4.75. The zero-order chi connectivity index (χ0) is 15.5. The molecular weight excluding hydrogens is 344 g/mol. The zero-order valence-electron chi connectivity index (χ0n) is 13.1. The second-order valence-corrected chi connectivity index (χ2v) is 7.10. The van der Waals surface area contributed by atoms with E-state index in [1.54, 1.807) is 0 Å². The molecule has 3 nitrogen and oxygen atoms in total. The summed E-state index contributed by atoms with van der Waals surface area (Å²) in [7, 11) is 0. The fourth-order valence-corrected chi connectivity index (χ4v) is 4.06. The fraction of sp³-hybridized carbons (Fsp3) is 0.611. The summed E-state index contributed by atoms with van der Waals surface area (Å²) in [5, 5.41) is 0. The highest BCUT2D eigenvalue weighted by atomic mass is 79.9. The number of aryl methyl sites for hydroxylation is 1. The molecule has 4 heteroatoms. The second kappa shape index (κ2) is 7.03. The average Bonchev–Trinajstić information content (AvgIpc) is 3.11. The Balaban J connectivity index is 1.73. The summed E-state index contributed by atoms with van der Waals surface area (Å²) in [4.78, 5) is 11.7. The molecule has 2 aliphatic rings. The number of ether oxygens (including phenoxy) is 2. The molecule has 0 bridgehead atoms. The van der Waals surface area contributed by atoms with Crippen LogP contribution in [0.15, 0.2) is 16.6 Å². The van der Waals surface area contributed by atoms with Crippen LogP contribution in [0.1, 0.15) is 62.5 Å². The summed E-state index contributed by atoms with van der Waals surface area (Å²) >= 11 is 3.64. The van der Waals surface area contributed by atoms with Gasteiger partial charge in [0.1, 0.15) is 5.75 Å². The van der Waals surface area contributed by atoms with Gasteiger partial charge in [0.2, 0.25) is 0 Å². The normalized spacial score (nSPS) is 20.9. The number of benzene rings is 1. The van der Waals surface area contributed by atoms with Crippen molar-refractivity contribution in [3.05, 3.63) is 27.7 Å². The molecule has 120 valence electrons. The molecule has 1 fully saturated rings. The lowest BCUT2D eigenvalue weighted by atomic mass is 9.98. The maximum absolute atomic E-state index is 11.7. The van der Waals surface area contributed by atoms with Gasteiger partial charge in [-0.25, -0.2) is 0 Å². The number of esters is 1. The largest absolute Gasteiger partial charge is 0.489 e. The molecule has 0 radical (unpaired) electrons. The highest BCUT2D eigenvalue weighted by Gasteiger charge is 2.27. The highest BCUT2D eigenvalue weighted by molar-refractivity contribution is 9.10. The van der Waals surface area contributed by atoms with Crippen LogP contribution >= 0.6 is 15.9 Å². The van der Waals surface area contributed by atoms with Crippen LogP contribution in [0, 0.1) is 0 Å². The Labute approximate surface area is 140 Å². The third kappa shape index (κ3) is 3.48. The first kappa shape index (κ1) is 15.9. The standard InChI is InChI=1S/C18H23BrO3/c1-2-21-18(20)10-13-8-7-12-9-17(16(19)11-15(12)13)22-14-5-3-4-6-14/h9,11,13-14H,2-8,10H2,1H3. The maximum atomic E-state index is 11.7. The zero-order valence-corrected chi connectivity index (χ0v) is 14.7. The topological polar surface area (TPSA) is 35.5 Å². The van der Waals surface area contributed by atoms with Gasteiger partial charge in [-0.2, -0.15) is 0 Å². The van der Waals surface area contributed by atoms with E-state index in [0.717, 1.165) is 35.9 Å². The smallest absolute Gasteiger partial charge is 0.306 e. The van der Waals surface area contributed by atoms with E-state index >= 15 is 0 Å². The number of hydrogen-bond donors (Lipinski definition) is 0. The molecule has 1 unspecified atom stereocenters. The highest BCUT2D eigenvalue weighted by Crippen LogP contribution is 2.41. The van der Waals surface area contributed by atoms with Gasteiger partial charge < -0.3 is 9.47 Å². The predicted molar refractivity (Wildman–Crippen MR) is 89.3 cm³/mol. The van der Waals surface area contributed by atoms with Crippen LogP contribution in [0.4, 0.5) is 0 Å². The first-order valence-corrected chi connectivity index (χ1v) is 9.11. The molecule has 1 atom stereocenters. The summed E-state index contributed by atoms with van der Waals surface area (Å²) in [6.45, 7) is 2.31. The van der Waals surface area contributed by atoms with E-state index in [1.807, 2.05) is 6.92 Å². The number of hydrogen-bond acceptors (Lipinski definition) is 3. The van der Waals surface area contributed by atoms with E-state index in [1.165, 1.54) is 24.0 Å². The summed E-state index contributed by atoms with van der Waals surface area (Å²) in [6, 6.07) is 4.32. The number of fused-ring (bicyclic) bond motifs is 1. The van der Waals surface area contributed by atoms with Gasteiger partial charge in [0, 0.05) is 0 Å². The minimum Gasteiger partial charge on any atom is -0.489 e. The van der Waals surface area contributed by atoms with Crippen molar-refractivity contribution >= 4 is 21.9 Å². The van der Waals surface area contributed by atoms with Gasteiger partial charge in [-0.1, -0.05) is 0 Å². The lowest BCUT2D eigenvalue weighted by Crippen LogP contribution is -2.12. The lowest BCUT2D eigenvalue weighted by molar-refractivity contribution is -0.143. The van der Waals surface area contributed by atoms with E-state index < -0.39 is 0 Å². The van der Waals surface area contributed by atoms with Crippen molar-refractivity contribution in [2.75, 3.05) is 6.61 Å². The van der Waals surface area contributed by atoms with Crippen molar-refractivity contribution in [1.82, 2.24) is 0 Å². The van der Waals surface area contributed by atoms with Gasteiger partial charge in [0.05, 0.1) is 23.6 Å². The SMILES string of the molecule is CCOC(=O)CC1CCc2cc(OC3CCCC3)c(Br)cc21. The molecule has 0 heterocycles. The molecule has 0 spiro atoms. The molecule has 2 aliphatic carbocycles. The Morgan fingerprint density at radius 1 is 1.27 bits per heavy atom. The van der Waals surface area contributed by atoms with Crippen LogP contribution in [0.3, 0.4) is 0 Å². The average molecular weight is 367 g/mol. The molecule has 0 saturated heterocycles. The van der Waals surface area contributed by atoms with Crippen LogP contribution in [0.2, 0.25) is 0 Å². The van der Waals surface area contributed by atoms with Gasteiger partial charge in [0.25, 0.3) is 0 Å². The van der Waals surface area contributed by atoms with Gasteiger partial charge in [-0.05, 0) is 90.6 Å². The Morgan fingerprint density at radius 2 is 2.05 bits per heavy atom. The van der Waals surface area contributed by atoms with E-state index in [9.17, 15) is 4.79 Å². The molecule has 1 aromatic carbocycles. The van der Waals surface area contributed by atoms with Crippen molar-refractivity contribution < 1.29 is 14.3 Å². The molecule has 0 N–H and O–H groups in total. The molecule has 3 rings (SSSR count). The van der Waals surface area contributed by atoms with E-state index in [-0.39, 0.29) is 11.9 Å². The van der Waals surface area contributed by atoms with Crippen LogP contribution in [0.5, 0.6) is 5.75 Å². The first-order chi connectivity index (χ1) is 10.7. The van der Waals surface area contributed by atoms with Gasteiger partial charge >= 0.3 is 5.97 Å². The summed E-state index contributed by atoms with van der Waals surface area (Å²) in [6.07, 6.45) is 7.76. The Kier molecular flexibility index (Phi) is 5.07. The Hall–Kier alpha value is -1.03. The van der Waals surface area contributed by atoms with Crippen molar-refractivity contribution in [3.63, 3.8) is 0 Å². The van der Waals surface area contributed by atoms with Crippen molar-refractivity contribution in [2.24, 2.45) is 0 Å². The minimum absolute atomic E-state index is 0.0947. The van der Waals surface area contributed by atoms with Gasteiger partial charge in [-0.15, -0.1) is 0 Å². The minimum atomic E-state index is -0.0947. The van der Waals surface area contributed by atoms with Crippen molar-refractivity contribution in [3.8, 4) is 5.75 Å². The molecule has 1 saturated carbocycles. The van der Waals surface area contributed by atoms with E-state index in [0.29, 0.717) is 19.1 Å². The molecule has 1 aromatic rings. The van der Waals surface area contributed by atoms with E-state index in [4.69, 9.17) is 9.47 Å². The molecule has 0 aromatic heterocycles. The molecule has 22 heavy (non-hydrogen) atoms. The van der Waals surface area contributed by atoms with Crippen LogP contribution < -0.4 is 4.74 Å². The van der Waals surface area contributed by atoms with Gasteiger partial charge in [0.15, 0.2) is 0 Å². The van der Waals surface area contributed by atoms with Crippen molar-refractivity contribution in [2.45, 2.75) is 63.9 Å². The number of halogens is 1. The summed E-state index contributed by atoms with van der Waals surface area (Å²) in [5.74, 6) is 1.15. The first-order valence-electron chi connectivity index (χ1n) is 8.32. The second-order valence-electron chi connectivity index (χ2n) is 6.25. The number of carbonyl (C=O) groups is 1. The van der Waals surface area contributed by atoms with Crippen LogP contribution in [0.25, 0.3) is 0 Å². The maximum Gasteiger partial charge on any atom is 0.306 e. The molecule has 0 amide bonds. The summed E-state index contributed by atoms with van der Waals surface area (Å²) < 4.78 is 12.2. The quantitative estimate of drug-likeness (QED) is 0.705. The van der Waals surface area contributed by atoms with Gasteiger partial charge in [-0.3, -0.25) is 4.79 Å². The fourth-order valence-electron chi connectivity index (χ4n) is 3.60. The lowest BCUT2D eigenvalue weighted by Gasteiger charge is -2.17. The number of carbonyl (C=O) groups excluding carboxylic acids is 1. The Bertz CT molecular complexity index is 550. The van der Waals surface area contributed by atoms with Crippen LogP contribution in [-0.4, -0.2) is 18.7 Å². The monoisotopic (exact) mass is 366 g/mol. The third-order valence-corrected chi connectivity index (χ3v) is 5.33. The molecule has 0 aliphatic heterocycles. The third-order valence-electron chi connectivity index (χ3n) is 4.71. The Morgan fingerprint density at radius 3 is 2.77 bits per heavy atom. The van der Waals surface area contributed by atoms with Crippen LogP contribution in [-0.2, 0) is 16.0 Å². The van der Waals surface area contributed by atoms with E-state index in [2.05, 4.69) is 28.1 Å². The summed E-state index contributed by atoms with van der Waals surface area (Å²) in [5.41, 5.74) is 2.60. The number of rotatable bonds is 5.